The Kier molecular flexibility index (Phi) is 7.50. The topological polar surface area (TPSA) is 3.24 Å². The van der Waals surface area contributed by atoms with Crippen molar-refractivity contribution in [1.82, 2.24) is 4.90 Å². The van der Waals surface area contributed by atoms with E-state index in [-0.39, 0.29) is 0 Å². The Morgan fingerprint density at radius 3 is 2.47 bits per heavy atom. The molecule has 0 saturated carbocycles. The molecular weight excluding hydrogens is 230 g/mol. The van der Waals surface area contributed by atoms with Crippen molar-refractivity contribution < 1.29 is 0 Å². The van der Waals surface area contributed by atoms with E-state index in [1.807, 2.05) is 0 Å². The normalized spacial score (nSPS) is 12.5. The zero-order valence-corrected chi connectivity index (χ0v) is 13.0. The van der Waals surface area contributed by atoms with E-state index >= 15 is 0 Å². The number of rotatable bonds is 8. The lowest BCUT2D eigenvalue weighted by atomic mass is 10.0. The summed E-state index contributed by atoms with van der Waals surface area (Å²) < 4.78 is 0. The van der Waals surface area contributed by atoms with E-state index in [4.69, 9.17) is 0 Å². The SMILES string of the molecule is CC(C)=CCCC(C)CCN(C)Cc1ccccc1. The zero-order valence-electron chi connectivity index (χ0n) is 13.0. The Hall–Kier alpha value is -1.08. The van der Waals surface area contributed by atoms with Gasteiger partial charge in [-0.15, -0.1) is 0 Å². The predicted molar refractivity (Wildman–Crippen MR) is 85.2 cm³/mol. The van der Waals surface area contributed by atoms with Crippen LogP contribution in [0.2, 0.25) is 0 Å². The molecule has 1 aromatic rings. The number of nitrogens with zero attached hydrogens (tertiary/aromatic N) is 1. The summed E-state index contributed by atoms with van der Waals surface area (Å²) in [5, 5.41) is 0. The van der Waals surface area contributed by atoms with Crippen molar-refractivity contribution in [2.24, 2.45) is 5.92 Å². The average Bonchev–Trinajstić information content (AvgIpc) is 2.37. The maximum atomic E-state index is 2.42. The van der Waals surface area contributed by atoms with Gasteiger partial charge in [-0.25, -0.2) is 0 Å². The smallest absolute Gasteiger partial charge is 0.0230 e. The highest BCUT2D eigenvalue weighted by atomic mass is 15.1. The van der Waals surface area contributed by atoms with Crippen molar-refractivity contribution >= 4 is 0 Å². The second-order valence-corrected chi connectivity index (χ2v) is 5.98. The number of hydrogen-bond donors (Lipinski definition) is 0. The second-order valence-electron chi connectivity index (χ2n) is 5.98. The van der Waals surface area contributed by atoms with E-state index in [0.29, 0.717) is 0 Å². The van der Waals surface area contributed by atoms with Gasteiger partial charge in [-0.2, -0.15) is 0 Å². The van der Waals surface area contributed by atoms with Crippen LogP contribution in [0.25, 0.3) is 0 Å². The maximum absolute atomic E-state index is 2.42. The number of benzene rings is 1. The first-order chi connectivity index (χ1) is 9.08. The Labute approximate surface area is 119 Å². The van der Waals surface area contributed by atoms with Crippen LogP contribution in [0, 0.1) is 5.92 Å². The minimum atomic E-state index is 0.814. The molecule has 1 unspecified atom stereocenters. The van der Waals surface area contributed by atoms with Crippen LogP contribution in [0.4, 0.5) is 0 Å². The fourth-order valence-corrected chi connectivity index (χ4v) is 2.22. The van der Waals surface area contributed by atoms with Gasteiger partial charge in [-0.05, 0) is 58.2 Å². The molecule has 1 atom stereocenters. The van der Waals surface area contributed by atoms with Gasteiger partial charge in [0.2, 0.25) is 0 Å². The molecule has 0 aromatic heterocycles. The molecule has 0 heterocycles. The monoisotopic (exact) mass is 259 g/mol. The van der Waals surface area contributed by atoms with Gasteiger partial charge in [0, 0.05) is 6.54 Å². The Balaban J connectivity index is 2.19. The third kappa shape index (κ3) is 7.84. The van der Waals surface area contributed by atoms with Crippen molar-refractivity contribution in [2.45, 2.75) is 46.6 Å². The van der Waals surface area contributed by atoms with Gasteiger partial charge >= 0.3 is 0 Å². The van der Waals surface area contributed by atoms with E-state index in [9.17, 15) is 0 Å². The quantitative estimate of drug-likeness (QED) is 0.601. The highest BCUT2D eigenvalue weighted by molar-refractivity contribution is 5.14. The third-order valence-electron chi connectivity index (χ3n) is 3.51. The fraction of sp³-hybridized carbons (Fsp3) is 0.556. The first-order valence-electron chi connectivity index (χ1n) is 7.43. The van der Waals surface area contributed by atoms with Crippen molar-refractivity contribution in [2.75, 3.05) is 13.6 Å². The van der Waals surface area contributed by atoms with Crippen molar-refractivity contribution in [3.63, 3.8) is 0 Å². The van der Waals surface area contributed by atoms with E-state index in [2.05, 4.69) is 69.1 Å². The van der Waals surface area contributed by atoms with Gasteiger partial charge in [0.1, 0.15) is 0 Å². The van der Waals surface area contributed by atoms with E-state index in [1.54, 1.807) is 0 Å². The molecule has 1 aromatic carbocycles. The first-order valence-corrected chi connectivity index (χ1v) is 7.43. The lowest BCUT2D eigenvalue weighted by Gasteiger charge is -2.19. The van der Waals surface area contributed by atoms with E-state index in [0.717, 1.165) is 12.5 Å². The van der Waals surface area contributed by atoms with Crippen LogP contribution in [0.15, 0.2) is 42.0 Å². The van der Waals surface area contributed by atoms with Crippen LogP contribution >= 0.6 is 0 Å². The average molecular weight is 259 g/mol. The Morgan fingerprint density at radius 1 is 1.16 bits per heavy atom. The van der Waals surface area contributed by atoms with Crippen molar-refractivity contribution in [1.29, 1.82) is 0 Å². The molecule has 1 nitrogen and oxygen atoms in total. The second kappa shape index (κ2) is 8.92. The molecule has 19 heavy (non-hydrogen) atoms. The fourth-order valence-electron chi connectivity index (χ4n) is 2.22. The highest BCUT2D eigenvalue weighted by Gasteiger charge is 2.04. The zero-order chi connectivity index (χ0) is 14.1. The minimum Gasteiger partial charge on any atom is -0.302 e. The van der Waals surface area contributed by atoms with E-state index in [1.165, 1.54) is 36.9 Å². The predicted octanol–water partition coefficient (Wildman–Crippen LogP) is 4.89. The summed E-state index contributed by atoms with van der Waals surface area (Å²) in [6.45, 7) is 8.97. The van der Waals surface area contributed by atoms with Crippen molar-refractivity contribution in [3.8, 4) is 0 Å². The highest BCUT2D eigenvalue weighted by Crippen LogP contribution is 2.13. The lowest BCUT2D eigenvalue weighted by Crippen LogP contribution is -2.20. The Bertz CT molecular complexity index is 363. The van der Waals surface area contributed by atoms with Crippen LogP contribution < -0.4 is 0 Å². The first kappa shape index (κ1) is 16.0. The molecule has 106 valence electrons. The third-order valence-corrected chi connectivity index (χ3v) is 3.51. The molecule has 1 heteroatoms. The summed E-state index contributed by atoms with van der Waals surface area (Å²) in [6, 6.07) is 10.7. The molecule has 0 saturated heterocycles. The summed E-state index contributed by atoms with van der Waals surface area (Å²) >= 11 is 0. The molecule has 0 N–H and O–H groups in total. The molecule has 0 aliphatic heterocycles. The van der Waals surface area contributed by atoms with Crippen LogP contribution in [0.5, 0.6) is 0 Å². The molecule has 0 amide bonds. The summed E-state index contributed by atoms with van der Waals surface area (Å²) in [4.78, 5) is 2.42. The van der Waals surface area contributed by atoms with Gasteiger partial charge in [0.05, 0.1) is 0 Å². The molecule has 0 aliphatic carbocycles. The van der Waals surface area contributed by atoms with Crippen LogP contribution in [-0.2, 0) is 6.54 Å². The number of allylic oxidation sites excluding steroid dienone is 2. The van der Waals surface area contributed by atoms with Crippen LogP contribution in [0.1, 0.15) is 45.6 Å². The molecule has 0 spiro atoms. The van der Waals surface area contributed by atoms with Crippen LogP contribution in [-0.4, -0.2) is 18.5 Å². The van der Waals surface area contributed by atoms with Crippen molar-refractivity contribution in [3.05, 3.63) is 47.5 Å². The standard InChI is InChI=1S/C18H29N/c1-16(2)9-8-10-17(3)13-14-19(4)15-18-11-6-5-7-12-18/h5-7,9,11-12,17H,8,10,13-15H2,1-4H3. The summed E-state index contributed by atoms with van der Waals surface area (Å²) in [6.07, 6.45) is 6.18. The summed E-state index contributed by atoms with van der Waals surface area (Å²) in [5.41, 5.74) is 2.84. The molecule has 1 rings (SSSR count). The molecule has 0 bridgehead atoms. The summed E-state index contributed by atoms with van der Waals surface area (Å²) in [7, 11) is 2.22. The maximum Gasteiger partial charge on any atom is 0.0230 e. The van der Waals surface area contributed by atoms with Crippen LogP contribution in [0.3, 0.4) is 0 Å². The Morgan fingerprint density at radius 2 is 1.84 bits per heavy atom. The molecule has 0 fully saturated rings. The largest absolute Gasteiger partial charge is 0.302 e. The minimum absolute atomic E-state index is 0.814. The molecular formula is C18H29N. The number of hydrogen-bond acceptors (Lipinski definition) is 1. The van der Waals surface area contributed by atoms with Gasteiger partial charge < -0.3 is 4.90 Å². The van der Waals surface area contributed by atoms with Gasteiger partial charge in [0.15, 0.2) is 0 Å². The summed E-state index contributed by atoms with van der Waals surface area (Å²) in [5.74, 6) is 0.814. The van der Waals surface area contributed by atoms with Gasteiger partial charge in [-0.1, -0.05) is 48.9 Å². The molecule has 0 radical (unpaired) electrons. The van der Waals surface area contributed by atoms with Gasteiger partial charge in [-0.3, -0.25) is 0 Å². The lowest BCUT2D eigenvalue weighted by molar-refractivity contribution is 0.294. The molecule has 0 aliphatic rings. The van der Waals surface area contributed by atoms with Gasteiger partial charge in [0.25, 0.3) is 0 Å². The van der Waals surface area contributed by atoms with E-state index < -0.39 is 0 Å².